The van der Waals surface area contributed by atoms with Gasteiger partial charge in [0, 0.05) is 32.4 Å². The summed E-state index contributed by atoms with van der Waals surface area (Å²) in [6.07, 6.45) is 0. The Morgan fingerprint density at radius 3 is 2.12 bits per heavy atom. The molecule has 0 atom stereocenters. The second-order valence-electron chi connectivity index (χ2n) is 5.47. The first-order valence-electron chi connectivity index (χ1n) is 7.85. The molecule has 0 aliphatic heterocycles. The van der Waals surface area contributed by atoms with Gasteiger partial charge in [0.2, 0.25) is 0 Å². The maximum Gasteiger partial charge on any atom is 0.359 e. The fourth-order valence-electron chi connectivity index (χ4n) is 2.18. The molecule has 0 aliphatic carbocycles. The first-order valence-corrected chi connectivity index (χ1v) is 7.85. The molecule has 0 fully saturated rings. The smallest absolute Gasteiger partial charge is 0.359 e. The van der Waals surface area contributed by atoms with Gasteiger partial charge < -0.3 is 9.64 Å². The van der Waals surface area contributed by atoms with Gasteiger partial charge in [-0.1, -0.05) is 30.3 Å². The van der Waals surface area contributed by atoms with E-state index in [4.69, 9.17) is 4.74 Å². The molecule has 0 aliphatic rings. The number of carbonyl (C=O) groups is 1. The van der Waals surface area contributed by atoms with E-state index in [1.807, 2.05) is 80.6 Å². The zero-order valence-corrected chi connectivity index (χ0v) is 14.6. The third-order valence-electron chi connectivity index (χ3n) is 3.51. The summed E-state index contributed by atoms with van der Waals surface area (Å²) >= 11 is 0. The Morgan fingerprint density at radius 2 is 1.58 bits per heavy atom. The predicted octanol–water partition coefficient (Wildman–Crippen LogP) is 3.16. The van der Waals surface area contributed by atoms with Crippen LogP contribution in [0.2, 0.25) is 0 Å². The molecule has 2 aromatic carbocycles. The van der Waals surface area contributed by atoms with Gasteiger partial charge in [-0.15, -0.1) is 0 Å². The second-order valence-corrected chi connectivity index (χ2v) is 5.47. The monoisotopic (exact) mass is 325 g/mol. The SMILES string of the molecule is CCOC(=O)/C(=N/N(C)c1ccccc1)c1ccc(N(C)C)cc1. The van der Waals surface area contributed by atoms with Crippen LogP contribution in [-0.2, 0) is 9.53 Å². The van der Waals surface area contributed by atoms with Gasteiger partial charge in [0.05, 0.1) is 12.3 Å². The lowest BCUT2D eigenvalue weighted by Gasteiger charge is -2.16. The minimum atomic E-state index is -0.433. The minimum absolute atomic E-state index is 0.286. The highest BCUT2D eigenvalue weighted by Gasteiger charge is 2.17. The van der Waals surface area contributed by atoms with Crippen molar-refractivity contribution in [2.45, 2.75) is 6.92 Å². The van der Waals surface area contributed by atoms with Gasteiger partial charge in [-0.25, -0.2) is 4.79 Å². The van der Waals surface area contributed by atoms with E-state index in [2.05, 4.69) is 5.10 Å². The Hall–Kier alpha value is -2.82. The van der Waals surface area contributed by atoms with E-state index in [9.17, 15) is 4.79 Å². The molecule has 126 valence electrons. The average Bonchev–Trinajstić information content (AvgIpc) is 2.60. The highest BCUT2D eigenvalue weighted by atomic mass is 16.5. The molecule has 0 radical (unpaired) electrons. The van der Waals surface area contributed by atoms with E-state index in [1.54, 1.807) is 11.9 Å². The number of ether oxygens (including phenoxy) is 1. The zero-order chi connectivity index (χ0) is 17.5. The fourth-order valence-corrected chi connectivity index (χ4v) is 2.18. The minimum Gasteiger partial charge on any atom is -0.461 e. The van der Waals surface area contributed by atoms with Crippen LogP contribution < -0.4 is 9.91 Å². The summed E-state index contributed by atoms with van der Waals surface area (Å²) in [6.45, 7) is 2.09. The van der Waals surface area contributed by atoms with Crippen molar-refractivity contribution in [3.63, 3.8) is 0 Å². The maximum absolute atomic E-state index is 12.3. The van der Waals surface area contributed by atoms with Gasteiger partial charge in [0.1, 0.15) is 0 Å². The molecule has 5 nitrogen and oxygen atoms in total. The molecule has 0 saturated carbocycles. The van der Waals surface area contributed by atoms with Crippen LogP contribution >= 0.6 is 0 Å². The van der Waals surface area contributed by atoms with Crippen LogP contribution in [0.1, 0.15) is 12.5 Å². The first-order chi connectivity index (χ1) is 11.5. The Morgan fingerprint density at radius 1 is 0.958 bits per heavy atom. The molecule has 0 saturated heterocycles. The molecule has 2 rings (SSSR count). The van der Waals surface area contributed by atoms with Gasteiger partial charge in [-0.3, -0.25) is 5.01 Å². The van der Waals surface area contributed by atoms with Crippen LogP contribution in [0.4, 0.5) is 11.4 Å². The van der Waals surface area contributed by atoms with E-state index in [-0.39, 0.29) is 5.71 Å². The Balaban J connectivity index is 2.37. The standard InChI is InChI=1S/C19H23N3O2/c1-5-24-19(23)18(15-11-13-16(14-12-15)21(2)3)20-22(4)17-9-7-6-8-10-17/h6-14H,5H2,1-4H3/b20-18+. The highest BCUT2D eigenvalue weighted by molar-refractivity contribution is 6.43. The quantitative estimate of drug-likeness (QED) is 0.465. The van der Waals surface area contributed by atoms with Crippen molar-refractivity contribution < 1.29 is 9.53 Å². The number of hydrogen-bond acceptors (Lipinski definition) is 5. The molecular formula is C19H23N3O2. The molecule has 0 aromatic heterocycles. The average molecular weight is 325 g/mol. The molecule has 0 spiro atoms. The number of hydrazone groups is 1. The summed E-state index contributed by atoms with van der Waals surface area (Å²) in [5.41, 5.74) is 2.96. The summed E-state index contributed by atoms with van der Waals surface area (Å²) in [4.78, 5) is 14.3. The number of para-hydroxylation sites is 1. The van der Waals surface area contributed by atoms with Gasteiger partial charge in [-0.2, -0.15) is 5.10 Å². The lowest BCUT2D eigenvalue weighted by atomic mass is 10.1. The Labute approximate surface area is 143 Å². The first kappa shape index (κ1) is 17.5. The normalized spacial score (nSPS) is 11.1. The van der Waals surface area contributed by atoms with Crippen LogP contribution in [0.5, 0.6) is 0 Å². The van der Waals surface area contributed by atoms with Crippen molar-refractivity contribution in [2.24, 2.45) is 5.10 Å². The predicted molar refractivity (Wildman–Crippen MR) is 98.8 cm³/mol. The lowest BCUT2D eigenvalue weighted by Crippen LogP contribution is -2.23. The topological polar surface area (TPSA) is 45.1 Å². The van der Waals surface area contributed by atoms with Crippen molar-refractivity contribution in [1.82, 2.24) is 0 Å². The molecule has 0 bridgehead atoms. The van der Waals surface area contributed by atoms with Gasteiger partial charge >= 0.3 is 5.97 Å². The van der Waals surface area contributed by atoms with Crippen LogP contribution in [0.25, 0.3) is 0 Å². The van der Waals surface area contributed by atoms with E-state index in [0.29, 0.717) is 6.61 Å². The van der Waals surface area contributed by atoms with Crippen molar-refractivity contribution in [3.8, 4) is 0 Å². The number of esters is 1. The molecule has 0 heterocycles. The largest absolute Gasteiger partial charge is 0.461 e. The van der Waals surface area contributed by atoms with Gasteiger partial charge in [0.15, 0.2) is 5.71 Å². The summed E-state index contributed by atoms with van der Waals surface area (Å²) in [7, 11) is 5.75. The third-order valence-corrected chi connectivity index (χ3v) is 3.51. The second kappa shape index (κ2) is 8.15. The zero-order valence-electron chi connectivity index (χ0n) is 14.6. The number of nitrogens with zero attached hydrogens (tertiary/aromatic N) is 3. The van der Waals surface area contributed by atoms with Gasteiger partial charge in [0.25, 0.3) is 0 Å². The van der Waals surface area contributed by atoms with Crippen molar-refractivity contribution in [1.29, 1.82) is 0 Å². The number of carbonyl (C=O) groups excluding carboxylic acids is 1. The fraction of sp³-hybridized carbons (Fsp3) is 0.263. The van der Waals surface area contributed by atoms with Gasteiger partial charge in [-0.05, 0) is 31.2 Å². The van der Waals surface area contributed by atoms with E-state index >= 15 is 0 Å². The number of benzene rings is 2. The summed E-state index contributed by atoms with van der Waals surface area (Å²) in [5.74, 6) is -0.433. The third kappa shape index (κ3) is 4.35. The Kier molecular flexibility index (Phi) is 5.95. The lowest BCUT2D eigenvalue weighted by molar-refractivity contribution is -0.134. The molecular weight excluding hydrogens is 302 g/mol. The number of anilines is 2. The summed E-state index contributed by atoms with van der Waals surface area (Å²) in [5, 5.41) is 6.14. The van der Waals surface area contributed by atoms with Crippen LogP contribution in [0, 0.1) is 0 Å². The van der Waals surface area contributed by atoms with Crippen LogP contribution in [0.15, 0.2) is 59.7 Å². The summed E-state index contributed by atoms with van der Waals surface area (Å²) in [6, 6.07) is 17.3. The number of rotatable bonds is 6. The van der Waals surface area contributed by atoms with E-state index < -0.39 is 5.97 Å². The molecule has 0 N–H and O–H groups in total. The molecule has 24 heavy (non-hydrogen) atoms. The van der Waals surface area contributed by atoms with E-state index in [1.165, 1.54) is 0 Å². The maximum atomic E-state index is 12.3. The Bertz CT molecular complexity index is 694. The summed E-state index contributed by atoms with van der Waals surface area (Å²) < 4.78 is 5.17. The van der Waals surface area contributed by atoms with Crippen LogP contribution in [-0.4, -0.2) is 39.4 Å². The van der Waals surface area contributed by atoms with E-state index in [0.717, 1.165) is 16.9 Å². The molecule has 0 amide bonds. The number of hydrogen-bond donors (Lipinski definition) is 0. The van der Waals surface area contributed by atoms with Crippen molar-refractivity contribution in [3.05, 3.63) is 60.2 Å². The van der Waals surface area contributed by atoms with Crippen molar-refractivity contribution in [2.75, 3.05) is 37.7 Å². The molecule has 2 aromatic rings. The highest BCUT2D eigenvalue weighted by Crippen LogP contribution is 2.16. The molecule has 0 unspecified atom stereocenters. The van der Waals surface area contributed by atoms with Crippen LogP contribution in [0.3, 0.4) is 0 Å². The molecule has 5 heteroatoms. The van der Waals surface area contributed by atoms with Crippen molar-refractivity contribution >= 4 is 23.1 Å².